The van der Waals surface area contributed by atoms with E-state index in [1.165, 1.54) is 0 Å². The summed E-state index contributed by atoms with van der Waals surface area (Å²) in [5, 5.41) is 4.10. The van der Waals surface area contributed by atoms with Crippen LogP contribution in [-0.4, -0.2) is 29.3 Å². The third-order valence-corrected chi connectivity index (χ3v) is 4.76. The maximum atomic E-state index is 12.6. The lowest BCUT2D eigenvalue weighted by molar-refractivity contribution is -0.136. The van der Waals surface area contributed by atoms with E-state index >= 15 is 0 Å². The van der Waals surface area contributed by atoms with Crippen molar-refractivity contribution in [1.29, 1.82) is 0 Å². The molecule has 0 bridgehead atoms. The zero-order valence-corrected chi connectivity index (χ0v) is 15.1. The molecule has 3 rings (SSSR count). The molecule has 0 aromatic heterocycles. The Morgan fingerprint density at radius 2 is 1.60 bits per heavy atom. The van der Waals surface area contributed by atoms with E-state index in [1.807, 2.05) is 12.1 Å². The van der Waals surface area contributed by atoms with Gasteiger partial charge in [-0.2, -0.15) is 0 Å². The van der Waals surface area contributed by atoms with E-state index in [9.17, 15) is 9.59 Å². The quantitative estimate of drug-likeness (QED) is 0.870. The molecule has 1 N–H and O–H groups in total. The van der Waals surface area contributed by atoms with Crippen molar-refractivity contribution in [2.45, 2.75) is 25.3 Å². The van der Waals surface area contributed by atoms with Crippen LogP contribution in [0.4, 0.5) is 5.69 Å². The van der Waals surface area contributed by atoms with Gasteiger partial charge in [-0.1, -0.05) is 35.3 Å². The molecule has 2 aromatic rings. The average Bonchev–Trinajstić information content (AvgIpc) is 3.09. The number of rotatable bonds is 4. The maximum absolute atomic E-state index is 12.6. The summed E-state index contributed by atoms with van der Waals surface area (Å²) in [5.41, 5.74) is 1.56. The zero-order valence-electron chi connectivity index (χ0n) is 13.5. The van der Waals surface area contributed by atoms with E-state index < -0.39 is 6.04 Å². The Labute approximate surface area is 156 Å². The third-order valence-electron chi connectivity index (χ3n) is 4.26. The predicted octanol–water partition coefficient (Wildman–Crippen LogP) is 4.17. The van der Waals surface area contributed by atoms with Crippen LogP contribution in [0, 0.1) is 0 Å². The average molecular weight is 377 g/mol. The van der Waals surface area contributed by atoms with E-state index in [0.29, 0.717) is 28.7 Å². The Hall–Kier alpha value is -2.04. The first-order chi connectivity index (χ1) is 12.0. The fourth-order valence-electron chi connectivity index (χ4n) is 2.98. The first-order valence-corrected chi connectivity index (χ1v) is 8.89. The topological polar surface area (TPSA) is 49.4 Å². The number of nitrogens with one attached hydrogen (secondary N) is 1. The molecule has 0 aliphatic carbocycles. The fraction of sp³-hybridized carbons (Fsp3) is 0.263. The molecule has 2 aromatic carbocycles. The second-order valence-electron chi connectivity index (χ2n) is 6.04. The van der Waals surface area contributed by atoms with Gasteiger partial charge in [0, 0.05) is 22.3 Å². The van der Waals surface area contributed by atoms with Gasteiger partial charge in [-0.15, -0.1) is 0 Å². The summed E-state index contributed by atoms with van der Waals surface area (Å²) >= 11 is 11.7. The number of carbonyl (C=O) groups is 2. The normalized spacial score (nSPS) is 16.7. The van der Waals surface area contributed by atoms with Crippen molar-refractivity contribution in [2.75, 3.05) is 11.9 Å². The van der Waals surface area contributed by atoms with Crippen molar-refractivity contribution in [1.82, 2.24) is 4.90 Å². The monoisotopic (exact) mass is 376 g/mol. The lowest BCUT2D eigenvalue weighted by Gasteiger charge is -2.24. The van der Waals surface area contributed by atoms with E-state index in [1.54, 1.807) is 41.3 Å². The van der Waals surface area contributed by atoms with Crippen LogP contribution in [0.5, 0.6) is 0 Å². The Morgan fingerprint density at radius 1 is 1.00 bits per heavy atom. The number of carbonyl (C=O) groups excluding carboxylic acids is 2. The molecule has 130 valence electrons. The summed E-state index contributed by atoms with van der Waals surface area (Å²) in [5.74, 6) is -0.208. The van der Waals surface area contributed by atoms with Crippen LogP contribution in [0.2, 0.25) is 10.0 Å². The lowest BCUT2D eigenvalue weighted by atomic mass is 10.1. The molecule has 1 saturated heterocycles. The maximum Gasteiger partial charge on any atom is 0.247 e. The van der Waals surface area contributed by atoms with Crippen molar-refractivity contribution in [3.8, 4) is 0 Å². The zero-order chi connectivity index (χ0) is 17.8. The molecule has 1 aliphatic rings. The molecule has 1 aliphatic heterocycles. The van der Waals surface area contributed by atoms with Crippen LogP contribution in [0.1, 0.15) is 18.4 Å². The fourth-order valence-corrected chi connectivity index (χ4v) is 3.23. The first-order valence-electron chi connectivity index (χ1n) is 8.13. The van der Waals surface area contributed by atoms with Crippen LogP contribution in [-0.2, 0) is 16.0 Å². The lowest BCUT2D eigenvalue weighted by Crippen LogP contribution is -2.43. The van der Waals surface area contributed by atoms with E-state index in [-0.39, 0.29) is 18.2 Å². The first kappa shape index (κ1) is 17.8. The number of nitrogens with zero attached hydrogens (tertiary/aromatic N) is 1. The molecule has 1 atom stereocenters. The number of halogens is 2. The molecule has 0 radical (unpaired) electrons. The minimum atomic E-state index is -0.435. The molecule has 1 fully saturated rings. The van der Waals surface area contributed by atoms with E-state index in [2.05, 4.69) is 5.32 Å². The second-order valence-corrected chi connectivity index (χ2v) is 6.92. The summed E-state index contributed by atoms with van der Waals surface area (Å²) in [4.78, 5) is 26.8. The predicted molar refractivity (Wildman–Crippen MR) is 100.0 cm³/mol. The smallest absolute Gasteiger partial charge is 0.247 e. The minimum absolute atomic E-state index is 0.0453. The highest BCUT2D eigenvalue weighted by Gasteiger charge is 2.33. The van der Waals surface area contributed by atoms with Crippen molar-refractivity contribution >= 4 is 40.7 Å². The van der Waals surface area contributed by atoms with Gasteiger partial charge in [-0.3, -0.25) is 9.59 Å². The number of hydrogen-bond donors (Lipinski definition) is 1. The highest BCUT2D eigenvalue weighted by atomic mass is 35.5. The highest BCUT2D eigenvalue weighted by Crippen LogP contribution is 2.21. The standard InChI is InChI=1S/C19H18Cl2N2O2/c20-14-5-3-13(4-6-14)12-18(24)23-11-1-2-17(23)19(25)22-16-9-7-15(21)8-10-16/h3-10,17H,1-2,11-12H2,(H,22,25)/t17-/m1/s1. The molecule has 25 heavy (non-hydrogen) atoms. The van der Waals surface area contributed by atoms with Crippen molar-refractivity contribution in [3.63, 3.8) is 0 Å². The summed E-state index contributed by atoms with van der Waals surface area (Å²) in [6.07, 6.45) is 1.76. The van der Waals surface area contributed by atoms with Gasteiger partial charge >= 0.3 is 0 Å². The van der Waals surface area contributed by atoms with Gasteiger partial charge < -0.3 is 10.2 Å². The molecule has 1 heterocycles. The van der Waals surface area contributed by atoms with Gasteiger partial charge in [0.15, 0.2) is 0 Å². The number of anilines is 1. The molecular weight excluding hydrogens is 359 g/mol. The van der Waals surface area contributed by atoms with E-state index in [0.717, 1.165) is 12.0 Å². The van der Waals surface area contributed by atoms with Gasteiger partial charge in [0.05, 0.1) is 6.42 Å². The summed E-state index contributed by atoms with van der Waals surface area (Å²) in [6, 6.07) is 13.7. The highest BCUT2D eigenvalue weighted by molar-refractivity contribution is 6.30. The summed E-state index contributed by atoms with van der Waals surface area (Å²) < 4.78 is 0. The van der Waals surface area contributed by atoms with Gasteiger partial charge in [-0.25, -0.2) is 0 Å². The van der Waals surface area contributed by atoms with Crippen LogP contribution in [0.15, 0.2) is 48.5 Å². The van der Waals surface area contributed by atoms with Gasteiger partial charge in [0.25, 0.3) is 0 Å². The Kier molecular flexibility index (Phi) is 5.61. The van der Waals surface area contributed by atoms with Gasteiger partial charge in [0.1, 0.15) is 6.04 Å². The number of amides is 2. The second kappa shape index (κ2) is 7.89. The van der Waals surface area contributed by atoms with Crippen molar-refractivity contribution in [3.05, 3.63) is 64.1 Å². The van der Waals surface area contributed by atoms with Crippen LogP contribution < -0.4 is 5.32 Å². The van der Waals surface area contributed by atoms with Gasteiger partial charge in [0.2, 0.25) is 11.8 Å². The Balaban J connectivity index is 1.64. The van der Waals surface area contributed by atoms with Crippen molar-refractivity contribution in [2.24, 2.45) is 0 Å². The number of hydrogen-bond acceptors (Lipinski definition) is 2. The molecule has 6 heteroatoms. The Morgan fingerprint density at radius 3 is 2.24 bits per heavy atom. The number of likely N-dealkylation sites (tertiary alicyclic amines) is 1. The molecule has 0 spiro atoms. The molecule has 4 nitrogen and oxygen atoms in total. The van der Waals surface area contributed by atoms with Crippen LogP contribution in [0.3, 0.4) is 0 Å². The van der Waals surface area contributed by atoms with Gasteiger partial charge in [-0.05, 0) is 54.8 Å². The number of benzene rings is 2. The molecule has 2 amide bonds. The molecule has 0 unspecified atom stereocenters. The largest absolute Gasteiger partial charge is 0.330 e. The summed E-state index contributed by atoms with van der Waals surface area (Å²) in [6.45, 7) is 0.602. The Bertz CT molecular complexity index is 694. The molecular formula is C19H18Cl2N2O2. The minimum Gasteiger partial charge on any atom is -0.330 e. The third kappa shape index (κ3) is 4.53. The summed E-state index contributed by atoms with van der Waals surface area (Å²) in [7, 11) is 0. The molecule has 0 saturated carbocycles. The van der Waals surface area contributed by atoms with Crippen LogP contribution in [0.25, 0.3) is 0 Å². The van der Waals surface area contributed by atoms with Crippen molar-refractivity contribution < 1.29 is 9.59 Å². The SMILES string of the molecule is O=C(Nc1ccc(Cl)cc1)[C@H]1CCCN1C(=O)Cc1ccc(Cl)cc1. The van der Waals surface area contributed by atoms with Crippen LogP contribution >= 0.6 is 23.2 Å². The van der Waals surface area contributed by atoms with E-state index in [4.69, 9.17) is 23.2 Å².